The third-order valence-electron chi connectivity index (χ3n) is 2.91. The van der Waals surface area contributed by atoms with Crippen molar-refractivity contribution in [2.45, 2.75) is 0 Å². The number of benzene rings is 1. The third-order valence-corrected chi connectivity index (χ3v) is 2.91. The van der Waals surface area contributed by atoms with Crippen LogP contribution in [0.3, 0.4) is 0 Å². The molecule has 1 aromatic heterocycles. The Morgan fingerprint density at radius 1 is 1.48 bits per heavy atom. The van der Waals surface area contributed by atoms with Crippen molar-refractivity contribution in [3.8, 4) is 0 Å². The molecule has 0 radical (unpaired) electrons. The van der Waals surface area contributed by atoms with E-state index in [0.29, 0.717) is 16.9 Å². The molecule has 0 amide bonds. The van der Waals surface area contributed by atoms with E-state index in [-0.39, 0.29) is 0 Å². The minimum Gasteiger partial charge on any atom is -0.426 e. The third kappa shape index (κ3) is 3.24. The van der Waals surface area contributed by atoms with Gasteiger partial charge in [0.1, 0.15) is 5.52 Å². The molecule has 1 heterocycles. The maximum absolute atomic E-state index is 10.1. The quantitative estimate of drug-likeness (QED) is 0.432. The summed E-state index contributed by atoms with van der Waals surface area (Å²) in [6.45, 7) is 3.68. The number of aromatic nitrogens is 2. The predicted molar refractivity (Wildman–Crippen MR) is 83.9 cm³/mol. The molecule has 0 aliphatic carbocycles. The zero-order valence-electron chi connectivity index (χ0n) is 12.0. The maximum atomic E-state index is 10.1. The van der Waals surface area contributed by atoms with E-state index in [4.69, 9.17) is 4.84 Å². The molecule has 0 unspecified atom stereocenters. The zero-order chi connectivity index (χ0) is 15.2. The highest BCUT2D eigenvalue weighted by molar-refractivity contribution is 5.81. The van der Waals surface area contributed by atoms with E-state index in [0.717, 1.165) is 16.1 Å². The smallest absolute Gasteiger partial charge is 0.169 e. The molecule has 6 heteroatoms. The number of hydrogen-bond donors (Lipinski definition) is 3. The molecule has 0 bridgehead atoms. The predicted octanol–water partition coefficient (Wildman–Crippen LogP) is 2.55. The van der Waals surface area contributed by atoms with Crippen molar-refractivity contribution in [3.05, 3.63) is 54.5 Å². The molecule has 0 spiro atoms. The van der Waals surface area contributed by atoms with E-state index >= 15 is 0 Å². The summed E-state index contributed by atoms with van der Waals surface area (Å²) in [6.07, 6.45) is 7.04. The van der Waals surface area contributed by atoms with Gasteiger partial charge in [-0.15, -0.1) is 0 Å². The van der Waals surface area contributed by atoms with Crippen LogP contribution in [0.15, 0.2) is 48.7 Å². The summed E-state index contributed by atoms with van der Waals surface area (Å²) in [4.78, 5) is 9.18. The van der Waals surface area contributed by atoms with Crippen molar-refractivity contribution in [3.63, 3.8) is 0 Å². The first-order valence-corrected chi connectivity index (χ1v) is 6.39. The lowest BCUT2D eigenvalue weighted by Crippen LogP contribution is -2.01. The van der Waals surface area contributed by atoms with Gasteiger partial charge in [0.2, 0.25) is 0 Å². The van der Waals surface area contributed by atoms with Crippen molar-refractivity contribution in [2.75, 3.05) is 19.6 Å². The zero-order valence-corrected chi connectivity index (χ0v) is 12.0. The lowest BCUT2D eigenvalue weighted by molar-refractivity contribution is 0.196. The van der Waals surface area contributed by atoms with Crippen LogP contribution < -0.4 is 10.8 Å². The van der Waals surface area contributed by atoms with Gasteiger partial charge in [-0.25, -0.2) is 4.98 Å². The number of nitrogens with one attached hydrogen (secondary N) is 2. The van der Waals surface area contributed by atoms with Crippen molar-refractivity contribution in [1.82, 2.24) is 15.0 Å². The fraction of sp³-hybridized carbons (Fsp3) is 0.133. The van der Waals surface area contributed by atoms with Gasteiger partial charge in [0.25, 0.3) is 0 Å². The summed E-state index contributed by atoms with van der Waals surface area (Å²) in [5.41, 5.74) is 5.61. The minimum atomic E-state index is 0.440. The van der Waals surface area contributed by atoms with Gasteiger partial charge in [-0.05, 0) is 36.4 Å². The van der Waals surface area contributed by atoms with Crippen molar-refractivity contribution >= 4 is 22.8 Å². The Morgan fingerprint density at radius 2 is 2.29 bits per heavy atom. The van der Waals surface area contributed by atoms with Crippen LogP contribution in [0, 0.1) is 0 Å². The van der Waals surface area contributed by atoms with Crippen LogP contribution in [0.2, 0.25) is 0 Å². The second-order valence-corrected chi connectivity index (χ2v) is 4.23. The lowest BCUT2D eigenvalue weighted by atomic mass is 10.3. The highest BCUT2D eigenvalue weighted by atomic mass is 16.6. The average molecular weight is 286 g/mol. The number of allylic oxidation sites excluding steroid dienone is 3. The number of nitrogens with zero attached hydrogens (tertiary/aromatic N) is 2. The van der Waals surface area contributed by atoms with E-state index in [1.165, 1.54) is 7.11 Å². The number of anilines is 1. The largest absolute Gasteiger partial charge is 0.426 e. The van der Waals surface area contributed by atoms with Gasteiger partial charge in [-0.3, -0.25) is 10.3 Å². The summed E-state index contributed by atoms with van der Waals surface area (Å²) in [5, 5.41) is 13.1. The average Bonchev–Trinajstić information content (AvgIpc) is 2.81. The molecule has 3 N–H and O–H groups in total. The highest BCUT2D eigenvalue weighted by Gasteiger charge is 2.08. The van der Waals surface area contributed by atoms with Crippen molar-refractivity contribution in [1.29, 1.82) is 0 Å². The maximum Gasteiger partial charge on any atom is 0.169 e. The summed E-state index contributed by atoms with van der Waals surface area (Å²) in [5.74, 6) is 0.440. The van der Waals surface area contributed by atoms with Crippen LogP contribution in [0.1, 0.15) is 5.82 Å². The molecular weight excluding hydrogens is 268 g/mol. The number of fused-ring (bicyclic) bond motifs is 1. The second kappa shape index (κ2) is 6.62. The number of hydrogen-bond acceptors (Lipinski definition) is 5. The minimum absolute atomic E-state index is 0.440. The Morgan fingerprint density at radius 3 is 2.95 bits per heavy atom. The van der Waals surface area contributed by atoms with Gasteiger partial charge in [0.05, 0.1) is 18.3 Å². The summed E-state index contributed by atoms with van der Waals surface area (Å²) in [7, 11) is 3.34. The van der Waals surface area contributed by atoms with E-state index in [1.807, 2.05) is 19.2 Å². The van der Waals surface area contributed by atoms with Gasteiger partial charge < -0.3 is 10.5 Å². The van der Waals surface area contributed by atoms with Gasteiger partial charge >= 0.3 is 0 Å². The van der Waals surface area contributed by atoms with Crippen molar-refractivity contribution in [2.24, 2.45) is 0 Å². The van der Waals surface area contributed by atoms with E-state index in [1.54, 1.807) is 30.4 Å². The van der Waals surface area contributed by atoms with Gasteiger partial charge in [-0.2, -0.15) is 4.73 Å². The fourth-order valence-corrected chi connectivity index (χ4v) is 1.86. The molecular formula is C15H18N4O2. The van der Waals surface area contributed by atoms with Crippen molar-refractivity contribution < 1.29 is 10.0 Å². The first kappa shape index (κ1) is 14.7. The first-order valence-electron chi connectivity index (χ1n) is 6.39. The lowest BCUT2D eigenvalue weighted by Gasteiger charge is -2.02. The number of imidazole rings is 1. The normalized spacial score (nSPS) is 12.0. The molecule has 1 aromatic carbocycles. The highest BCUT2D eigenvalue weighted by Crippen LogP contribution is 2.20. The second-order valence-electron chi connectivity index (χ2n) is 4.23. The van der Waals surface area contributed by atoms with Crippen LogP contribution in [0.4, 0.5) is 5.69 Å². The fourth-order valence-electron chi connectivity index (χ4n) is 1.86. The summed E-state index contributed by atoms with van der Waals surface area (Å²) in [6, 6.07) is 5.38. The van der Waals surface area contributed by atoms with Crippen LogP contribution in [-0.4, -0.2) is 29.1 Å². The number of rotatable bonds is 6. The summed E-state index contributed by atoms with van der Waals surface area (Å²) >= 11 is 0. The molecule has 0 aliphatic rings. The van der Waals surface area contributed by atoms with Gasteiger partial charge in [0.15, 0.2) is 5.82 Å². The standard InChI is InChI=1S/C15H18N4O2/c1-4-11(16-2)6-5-7-15-17-13-9-8-12(18-21-3)10-14(13)19(15)20/h4-10,16,18,20H,1H2,2-3H3/b7-5+,11-6+. The molecule has 110 valence electrons. The monoisotopic (exact) mass is 286 g/mol. The molecule has 0 saturated heterocycles. The SMILES string of the molecule is C=C/C(=C\C=C\c1nc2ccc(NOC)cc2n1O)NC. The molecule has 0 fully saturated rings. The topological polar surface area (TPSA) is 71.3 Å². The summed E-state index contributed by atoms with van der Waals surface area (Å²) < 4.78 is 1.04. The van der Waals surface area contributed by atoms with Crippen LogP contribution in [0.25, 0.3) is 17.1 Å². The molecule has 2 aromatic rings. The molecule has 2 rings (SSSR count). The van der Waals surface area contributed by atoms with Crippen LogP contribution >= 0.6 is 0 Å². The molecule has 0 atom stereocenters. The van der Waals surface area contributed by atoms with Crippen LogP contribution in [0.5, 0.6) is 0 Å². The van der Waals surface area contributed by atoms with Crippen LogP contribution in [-0.2, 0) is 4.84 Å². The molecule has 21 heavy (non-hydrogen) atoms. The Hall–Kier alpha value is -2.73. The van der Waals surface area contributed by atoms with E-state index < -0.39 is 0 Å². The van der Waals surface area contributed by atoms with E-state index in [9.17, 15) is 5.21 Å². The Balaban J connectivity index is 2.33. The Labute approximate surface area is 123 Å². The van der Waals surface area contributed by atoms with Gasteiger partial charge in [-0.1, -0.05) is 12.7 Å². The number of likely N-dealkylation sites (N-methyl/N-ethyl adjacent to an activating group) is 1. The Bertz CT molecular complexity index is 701. The molecule has 0 saturated carbocycles. The molecule has 0 aliphatic heterocycles. The Kier molecular flexibility index (Phi) is 4.63. The van der Waals surface area contributed by atoms with E-state index in [2.05, 4.69) is 22.4 Å². The first-order chi connectivity index (χ1) is 10.2. The molecule has 6 nitrogen and oxygen atoms in total. The van der Waals surface area contributed by atoms with Gasteiger partial charge in [0, 0.05) is 12.7 Å².